The zero-order valence-corrected chi connectivity index (χ0v) is 13.2. The van der Waals surface area contributed by atoms with Gasteiger partial charge in [0.05, 0.1) is 17.6 Å². The number of fused-ring (bicyclic) bond motifs is 1. The molecular formula is C15H19N7O. The van der Waals surface area contributed by atoms with Crippen LogP contribution < -0.4 is 5.32 Å². The van der Waals surface area contributed by atoms with E-state index in [-0.39, 0.29) is 18.5 Å². The number of para-hydroxylation sites is 2. The van der Waals surface area contributed by atoms with E-state index in [0.717, 1.165) is 23.3 Å². The van der Waals surface area contributed by atoms with Crippen LogP contribution >= 0.6 is 0 Å². The first-order chi connectivity index (χ1) is 11.2. The van der Waals surface area contributed by atoms with E-state index in [1.54, 1.807) is 0 Å². The number of benzene rings is 1. The van der Waals surface area contributed by atoms with Crippen LogP contribution in [0.1, 0.15) is 38.0 Å². The summed E-state index contributed by atoms with van der Waals surface area (Å²) in [7, 11) is 0. The molecule has 0 saturated heterocycles. The lowest BCUT2D eigenvalue weighted by atomic mass is 10.2. The quantitative estimate of drug-likeness (QED) is 0.716. The zero-order chi connectivity index (χ0) is 16.2. The molecule has 3 rings (SSSR count). The van der Waals surface area contributed by atoms with Gasteiger partial charge in [0, 0.05) is 6.42 Å². The molecule has 0 aliphatic rings. The minimum absolute atomic E-state index is 0.0739. The summed E-state index contributed by atoms with van der Waals surface area (Å²) in [5.74, 6) is 1.29. The SMILES string of the molecule is CCc1nc2ccccc2n1[C@@H](CC)C(=O)NCc1nn[nH]n1. The Hall–Kier alpha value is -2.77. The molecule has 0 spiro atoms. The minimum atomic E-state index is -0.316. The van der Waals surface area contributed by atoms with Gasteiger partial charge in [0.2, 0.25) is 5.91 Å². The molecule has 0 bridgehead atoms. The van der Waals surface area contributed by atoms with Gasteiger partial charge in [-0.1, -0.05) is 31.2 Å². The van der Waals surface area contributed by atoms with E-state index in [9.17, 15) is 4.79 Å². The van der Waals surface area contributed by atoms with Crippen molar-refractivity contribution in [2.45, 2.75) is 39.3 Å². The number of carbonyl (C=O) groups excluding carboxylic acids is 1. The number of amides is 1. The molecule has 2 heterocycles. The summed E-state index contributed by atoms with van der Waals surface area (Å²) in [6, 6.07) is 7.57. The number of hydrogen-bond donors (Lipinski definition) is 2. The van der Waals surface area contributed by atoms with Crippen molar-refractivity contribution in [3.05, 3.63) is 35.9 Å². The van der Waals surface area contributed by atoms with E-state index in [1.807, 2.05) is 42.7 Å². The Morgan fingerprint density at radius 2 is 2.17 bits per heavy atom. The number of aromatic nitrogens is 6. The van der Waals surface area contributed by atoms with Crippen molar-refractivity contribution in [3.8, 4) is 0 Å². The van der Waals surface area contributed by atoms with Crippen molar-refractivity contribution in [3.63, 3.8) is 0 Å². The first-order valence-corrected chi connectivity index (χ1v) is 7.70. The normalized spacial score (nSPS) is 12.4. The largest absolute Gasteiger partial charge is 0.347 e. The lowest BCUT2D eigenvalue weighted by Gasteiger charge is -2.19. The maximum atomic E-state index is 12.6. The van der Waals surface area contributed by atoms with Crippen LogP contribution in [-0.4, -0.2) is 36.1 Å². The number of nitrogens with one attached hydrogen (secondary N) is 2. The number of tetrazole rings is 1. The predicted molar refractivity (Wildman–Crippen MR) is 84.5 cm³/mol. The van der Waals surface area contributed by atoms with Crippen LogP contribution in [0.15, 0.2) is 24.3 Å². The summed E-state index contributed by atoms with van der Waals surface area (Å²) in [6.45, 7) is 4.29. The third kappa shape index (κ3) is 2.92. The highest BCUT2D eigenvalue weighted by Crippen LogP contribution is 2.24. The second kappa shape index (κ2) is 6.55. The molecule has 120 valence electrons. The lowest BCUT2D eigenvalue weighted by Crippen LogP contribution is -2.33. The predicted octanol–water partition coefficient (Wildman–Crippen LogP) is 1.38. The van der Waals surface area contributed by atoms with Gasteiger partial charge in [0.25, 0.3) is 0 Å². The van der Waals surface area contributed by atoms with Gasteiger partial charge in [-0.3, -0.25) is 4.79 Å². The number of aromatic amines is 1. The molecule has 8 heteroatoms. The van der Waals surface area contributed by atoms with Gasteiger partial charge in [-0.25, -0.2) is 4.98 Å². The van der Waals surface area contributed by atoms with E-state index in [0.29, 0.717) is 12.2 Å². The first kappa shape index (κ1) is 15.1. The summed E-state index contributed by atoms with van der Waals surface area (Å²) in [4.78, 5) is 17.3. The van der Waals surface area contributed by atoms with E-state index < -0.39 is 0 Å². The molecule has 1 amide bonds. The summed E-state index contributed by atoms with van der Waals surface area (Å²) in [5.41, 5.74) is 1.89. The van der Waals surface area contributed by atoms with Gasteiger partial charge >= 0.3 is 0 Å². The van der Waals surface area contributed by atoms with Crippen molar-refractivity contribution in [2.75, 3.05) is 0 Å². The van der Waals surface area contributed by atoms with Gasteiger partial charge in [0.15, 0.2) is 5.82 Å². The molecule has 2 N–H and O–H groups in total. The van der Waals surface area contributed by atoms with Crippen molar-refractivity contribution >= 4 is 16.9 Å². The summed E-state index contributed by atoms with van der Waals surface area (Å²) in [6.07, 6.45) is 1.44. The second-order valence-electron chi connectivity index (χ2n) is 5.21. The highest BCUT2D eigenvalue weighted by molar-refractivity contribution is 5.84. The van der Waals surface area contributed by atoms with Crippen LogP contribution in [0.5, 0.6) is 0 Å². The second-order valence-corrected chi connectivity index (χ2v) is 5.21. The van der Waals surface area contributed by atoms with Crippen LogP contribution in [0.25, 0.3) is 11.0 Å². The van der Waals surface area contributed by atoms with Crippen LogP contribution in [0.2, 0.25) is 0 Å². The van der Waals surface area contributed by atoms with Crippen molar-refractivity contribution in [2.24, 2.45) is 0 Å². The highest BCUT2D eigenvalue weighted by atomic mass is 16.2. The Morgan fingerprint density at radius 1 is 1.35 bits per heavy atom. The van der Waals surface area contributed by atoms with E-state index in [4.69, 9.17) is 0 Å². The number of aryl methyl sites for hydroxylation is 1. The Kier molecular flexibility index (Phi) is 4.31. The molecule has 3 aromatic rings. The van der Waals surface area contributed by atoms with E-state index >= 15 is 0 Å². The fraction of sp³-hybridized carbons (Fsp3) is 0.400. The topological polar surface area (TPSA) is 101 Å². The molecule has 0 radical (unpaired) electrons. The van der Waals surface area contributed by atoms with Crippen LogP contribution in [0.4, 0.5) is 0 Å². The molecule has 1 aromatic carbocycles. The van der Waals surface area contributed by atoms with Gasteiger partial charge in [-0.05, 0) is 18.6 Å². The van der Waals surface area contributed by atoms with E-state index in [1.165, 1.54) is 0 Å². The number of carbonyl (C=O) groups is 1. The maximum absolute atomic E-state index is 12.6. The summed E-state index contributed by atoms with van der Waals surface area (Å²) in [5, 5.41) is 16.4. The molecule has 1 atom stereocenters. The van der Waals surface area contributed by atoms with Gasteiger partial charge in [-0.15, -0.1) is 10.2 Å². The Labute approximate surface area is 133 Å². The third-order valence-electron chi connectivity index (χ3n) is 3.80. The monoisotopic (exact) mass is 313 g/mol. The molecular weight excluding hydrogens is 294 g/mol. The minimum Gasteiger partial charge on any atom is -0.347 e. The lowest BCUT2D eigenvalue weighted by molar-refractivity contribution is -0.124. The third-order valence-corrected chi connectivity index (χ3v) is 3.80. The van der Waals surface area contributed by atoms with Crippen molar-refractivity contribution in [1.82, 2.24) is 35.5 Å². The number of H-pyrrole nitrogens is 1. The van der Waals surface area contributed by atoms with Crippen molar-refractivity contribution in [1.29, 1.82) is 0 Å². The number of hydrogen-bond acceptors (Lipinski definition) is 5. The fourth-order valence-electron chi connectivity index (χ4n) is 2.72. The van der Waals surface area contributed by atoms with Gasteiger partial charge in [-0.2, -0.15) is 5.21 Å². The fourth-order valence-corrected chi connectivity index (χ4v) is 2.72. The van der Waals surface area contributed by atoms with Crippen LogP contribution in [0, 0.1) is 0 Å². The first-order valence-electron chi connectivity index (χ1n) is 7.70. The summed E-state index contributed by atoms with van der Waals surface area (Å²) >= 11 is 0. The molecule has 0 fully saturated rings. The maximum Gasteiger partial charge on any atom is 0.243 e. The average Bonchev–Trinajstić information content (AvgIpc) is 3.21. The number of rotatable bonds is 6. The Bertz CT molecular complexity index is 793. The van der Waals surface area contributed by atoms with E-state index in [2.05, 4.69) is 30.9 Å². The standard InChI is InChI=1S/C15H19N7O/c1-3-11(15(23)16-9-13-18-20-21-19-13)22-12-8-6-5-7-10(12)17-14(22)4-2/h5-8,11H,3-4,9H2,1-2H3,(H,16,23)(H,18,19,20,21)/t11-/m0/s1. The van der Waals surface area contributed by atoms with Crippen LogP contribution in [0.3, 0.4) is 0 Å². The molecule has 0 aliphatic carbocycles. The molecule has 23 heavy (non-hydrogen) atoms. The molecule has 2 aromatic heterocycles. The Morgan fingerprint density at radius 3 is 2.87 bits per heavy atom. The number of nitrogens with zero attached hydrogens (tertiary/aromatic N) is 5. The van der Waals surface area contributed by atoms with Gasteiger partial charge in [0.1, 0.15) is 11.9 Å². The smallest absolute Gasteiger partial charge is 0.243 e. The number of imidazole rings is 1. The summed E-state index contributed by atoms with van der Waals surface area (Å²) < 4.78 is 2.03. The Balaban J connectivity index is 1.89. The molecule has 0 saturated carbocycles. The molecule has 0 unspecified atom stereocenters. The average molecular weight is 313 g/mol. The van der Waals surface area contributed by atoms with Crippen LogP contribution in [-0.2, 0) is 17.8 Å². The molecule has 0 aliphatic heterocycles. The molecule has 8 nitrogen and oxygen atoms in total. The van der Waals surface area contributed by atoms with Crippen molar-refractivity contribution < 1.29 is 4.79 Å². The highest BCUT2D eigenvalue weighted by Gasteiger charge is 2.23. The zero-order valence-electron chi connectivity index (χ0n) is 13.2. The van der Waals surface area contributed by atoms with Gasteiger partial charge < -0.3 is 9.88 Å².